The Kier molecular flexibility index (Phi) is 5.63. The van der Waals surface area contributed by atoms with E-state index in [0.29, 0.717) is 6.07 Å². The highest BCUT2D eigenvalue weighted by atomic mass is 35.5. The summed E-state index contributed by atoms with van der Waals surface area (Å²) in [6.07, 6.45) is -4.70. The minimum Gasteiger partial charge on any atom is -0.343 e. The van der Waals surface area contributed by atoms with Crippen molar-refractivity contribution < 1.29 is 27.2 Å². The summed E-state index contributed by atoms with van der Waals surface area (Å²) in [4.78, 5) is 23.6. The second-order valence-electron chi connectivity index (χ2n) is 4.93. The summed E-state index contributed by atoms with van der Waals surface area (Å²) >= 11 is 5.54. The van der Waals surface area contributed by atoms with Crippen molar-refractivity contribution in [1.29, 1.82) is 0 Å². The second-order valence-corrected chi connectivity index (χ2v) is 5.36. The highest BCUT2D eigenvalue weighted by molar-refractivity contribution is 6.30. The second kappa shape index (κ2) is 7.52. The number of nitrogens with one attached hydrogen (secondary N) is 2. The number of carbonyl (C=O) groups is 2. The molecule has 0 aromatic heterocycles. The molecule has 0 unspecified atom stereocenters. The molecule has 4 nitrogen and oxygen atoms in total. The fraction of sp³-hybridized carbons (Fsp3) is 0.125. The van der Waals surface area contributed by atoms with E-state index in [1.165, 1.54) is 18.2 Å². The van der Waals surface area contributed by atoms with E-state index in [0.717, 1.165) is 18.2 Å². The zero-order valence-electron chi connectivity index (χ0n) is 12.5. The Bertz CT molecular complexity index is 792. The molecule has 0 atom stereocenters. The molecule has 2 amide bonds. The molecule has 9 heteroatoms. The first-order chi connectivity index (χ1) is 11.7. The fourth-order valence-electron chi connectivity index (χ4n) is 1.92. The minimum absolute atomic E-state index is 0.108. The minimum atomic E-state index is -4.70. The van der Waals surface area contributed by atoms with Crippen LogP contribution in [0.2, 0.25) is 5.02 Å². The molecule has 0 aliphatic carbocycles. The zero-order valence-corrected chi connectivity index (χ0v) is 13.2. The van der Waals surface area contributed by atoms with Crippen molar-refractivity contribution in [1.82, 2.24) is 5.32 Å². The maximum atomic E-state index is 12.9. The summed E-state index contributed by atoms with van der Waals surface area (Å²) in [6.45, 7) is -0.559. The van der Waals surface area contributed by atoms with Gasteiger partial charge < -0.3 is 10.6 Å². The predicted octanol–water partition coefficient (Wildman–Crippen LogP) is 3.87. The number of alkyl halides is 3. The molecular weight excluding hydrogens is 364 g/mol. The SMILES string of the molecule is O=C(CNC(=O)c1ccc(F)cc1)Nc1ccc(Cl)cc1C(F)(F)F. The quantitative estimate of drug-likeness (QED) is 0.798. The third-order valence-electron chi connectivity index (χ3n) is 3.08. The molecular formula is C16H11ClF4N2O2. The maximum absolute atomic E-state index is 12.9. The van der Waals surface area contributed by atoms with Gasteiger partial charge in [0.2, 0.25) is 5.91 Å². The molecule has 0 saturated carbocycles. The number of carbonyl (C=O) groups excluding carboxylic acids is 2. The number of rotatable bonds is 4. The third kappa shape index (κ3) is 5.18. The first-order valence-corrected chi connectivity index (χ1v) is 7.25. The highest BCUT2D eigenvalue weighted by Crippen LogP contribution is 2.36. The van der Waals surface area contributed by atoms with Crippen LogP contribution < -0.4 is 10.6 Å². The Morgan fingerprint density at radius 3 is 2.28 bits per heavy atom. The van der Waals surface area contributed by atoms with Gasteiger partial charge in [0.25, 0.3) is 5.91 Å². The lowest BCUT2D eigenvalue weighted by molar-refractivity contribution is -0.137. The normalized spacial score (nSPS) is 11.1. The molecule has 0 fully saturated rings. The van der Waals surface area contributed by atoms with Gasteiger partial charge in [-0.1, -0.05) is 11.6 Å². The molecule has 2 rings (SSSR count). The van der Waals surface area contributed by atoms with Crippen molar-refractivity contribution in [2.45, 2.75) is 6.18 Å². The van der Waals surface area contributed by atoms with Crippen LogP contribution in [0.25, 0.3) is 0 Å². The van der Waals surface area contributed by atoms with Gasteiger partial charge >= 0.3 is 6.18 Å². The predicted molar refractivity (Wildman–Crippen MR) is 83.8 cm³/mol. The van der Waals surface area contributed by atoms with Crippen LogP contribution in [0.5, 0.6) is 0 Å². The summed E-state index contributed by atoms with van der Waals surface area (Å²) < 4.78 is 51.6. The Balaban J connectivity index is 2.01. The fourth-order valence-corrected chi connectivity index (χ4v) is 2.09. The average Bonchev–Trinajstić information content (AvgIpc) is 2.54. The number of hydrogen-bond acceptors (Lipinski definition) is 2. The molecule has 2 N–H and O–H groups in total. The van der Waals surface area contributed by atoms with E-state index in [4.69, 9.17) is 11.6 Å². The van der Waals surface area contributed by atoms with Crippen LogP contribution in [0.1, 0.15) is 15.9 Å². The summed E-state index contributed by atoms with van der Waals surface area (Å²) in [5.74, 6) is -2.05. The Labute approximate surface area is 144 Å². The standard InChI is InChI=1S/C16H11ClF4N2O2/c17-10-3-6-13(12(7-10)16(19,20)21)23-14(24)8-22-15(25)9-1-4-11(18)5-2-9/h1-7H,8H2,(H,22,25)(H,23,24). The molecule has 2 aromatic carbocycles. The molecule has 0 bridgehead atoms. The molecule has 25 heavy (non-hydrogen) atoms. The monoisotopic (exact) mass is 374 g/mol. The van der Waals surface area contributed by atoms with E-state index in [9.17, 15) is 27.2 Å². The lowest BCUT2D eigenvalue weighted by atomic mass is 10.1. The molecule has 0 heterocycles. The maximum Gasteiger partial charge on any atom is 0.418 e. The van der Waals surface area contributed by atoms with E-state index < -0.39 is 41.6 Å². The molecule has 0 aliphatic heterocycles. The first kappa shape index (κ1) is 18.7. The van der Waals surface area contributed by atoms with E-state index in [2.05, 4.69) is 10.6 Å². The van der Waals surface area contributed by atoms with Crippen LogP contribution in [0.15, 0.2) is 42.5 Å². The van der Waals surface area contributed by atoms with Crippen LogP contribution in [-0.2, 0) is 11.0 Å². The van der Waals surface area contributed by atoms with Crippen molar-refractivity contribution in [3.63, 3.8) is 0 Å². The lowest BCUT2D eigenvalue weighted by Crippen LogP contribution is -2.33. The van der Waals surface area contributed by atoms with Crippen LogP contribution in [0, 0.1) is 5.82 Å². The molecule has 2 aromatic rings. The summed E-state index contributed by atoms with van der Waals surface area (Å²) in [5, 5.41) is 4.17. The van der Waals surface area contributed by atoms with E-state index >= 15 is 0 Å². The number of hydrogen-bond donors (Lipinski definition) is 2. The number of halogens is 5. The Morgan fingerprint density at radius 1 is 1.04 bits per heavy atom. The smallest absolute Gasteiger partial charge is 0.343 e. The van der Waals surface area contributed by atoms with Gasteiger partial charge in [-0.15, -0.1) is 0 Å². The van der Waals surface area contributed by atoms with Gasteiger partial charge in [0.1, 0.15) is 5.82 Å². The third-order valence-corrected chi connectivity index (χ3v) is 3.31. The van der Waals surface area contributed by atoms with E-state index in [1.807, 2.05) is 0 Å². The molecule has 132 valence electrons. The number of anilines is 1. The molecule has 0 spiro atoms. The average molecular weight is 375 g/mol. The Hall–Kier alpha value is -2.61. The van der Waals surface area contributed by atoms with Gasteiger partial charge in [-0.05, 0) is 42.5 Å². The van der Waals surface area contributed by atoms with E-state index in [-0.39, 0.29) is 10.6 Å². The van der Waals surface area contributed by atoms with Gasteiger partial charge in [0.15, 0.2) is 0 Å². The summed E-state index contributed by atoms with van der Waals surface area (Å²) in [6, 6.07) is 7.46. The van der Waals surface area contributed by atoms with Crippen molar-refractivity contribution >= 4 is 29.1 Å². The van der Waals surface area contributed by atoms with Gasteiger partial charge in [-0.2, -0.15) is 13.2 Å². The topological polar surface area (TPSA) is 58.2 Å². The lowest BCUT2D eigenvalue weighted by Gasteiger charge is -2.14. The number of benzene rings is 2. The van der Waals surface area contributed by atoms with Crippen molar-refractivity contribution in [2.75, 3.05) is 11.9 Å². The van der Waals surface area contributed by atoms with Crippen LogP contribution in [-0.4, -0.2) is 18.4 Å². The summed E-state index contributed by atoms with van der Waals surface area (Å²) in [7, 11) is 0. The highest BCUT2D eigenvalue weighted by Gasteiger charge is 2.34. The molecule has 0 aliphatic rings. The van der Waals surface area contributed by atoms with Crippen molar-refractivity contribution in [2.24, 2.45) is 0 Å². The van der Waals surface area contributed by atoms with Crippen molar-refractivity contribution in [3.05, 3.63) is 64.4 Å². The molecule has 0 radical (unpaired) electrons. The van der Waals surface area contributed by atoms with Crippen LogP contribution in [0.3, 0.4) is 0 Å². The van der Waals surface area contributed by atoms with Crippen molar-refractivity contribution in [3.8, 4) is 0 Å². The van der Waals surface area contributed by atoms with E-state index in [1.54, 1.807) is 0 Å². The van der Waals surface area contributed by atoms with Gasteiger partial charge in [0.05, 0.1) is 17.8 Å². The largest absolute Gasteiger partial charge is 0.418 e. The van der Waals surface area contributed by atoms with Gasteiger partial charge in [-0.25, -0.2) is 4.39 Å². The van der Waals surface area contributed by atoms with Gasteiger partial charge in [0, 0.05) is 10.6 Å². The zero-order chi connectivity index (χ0) is 18.6. The number of amides is 2. The first-order valence-electron chi connectivity index (χ1n) is 6.87. The molecule has 0 saturated heterocycles. The Morgan fingerprint density at radius 2 is 1.68 bits per heavy atom. The van der Waals surface area contributed by atoms with Gasteiger partial charge in [-0.3, -0.25) is 9.59 Å². The summed E-state index contributed by atoms with van der Waals surface area (Å²) in [5.41, 5.74) is -1.46. The van der Waals surface area contributed by atoms with Crippen LogP contribution >= 0.6 is 11.6 Å². The van der Waals surface area contributed by atoms with Crippen LogP contribution in [0.4, 0.5) is 23.2 Å².